The summed E-state index contributed by atoms with van der Waals surface area (Å²) in [5, 5.41) is 11.3. The molecule has 1 aromatic rings. The van der Waals surface area contributed by atoms with Gasteiger partial charge in [0.2, 0.25) is 0 Å². The van der Waals surface area contributed by atoms with E-state index in [4.69, 9.17) is 9.39 Å². The van der Waals surface area contributed by atoms with Crippen LogP contribution < -0.4 is 4.78 Å². The summed E-state index contributed by atoms with van der Waals surface area (Å²) in [6, 6.07) is 0. The van der Waals surface area contributed by atoms with E-state index >= 15 is 0 Å². The lowest BCUT2D eigenvalue weighted by Crippen LogP contribution is -2.49. The van der Waals surface area contributed by atoms with Gasteiger partial charge in [-0.05, 0) is 61.3 Å². The number of piperidine rings is 1. The molecule has 1 fully saturated rings. The van der Waals surface area contributed by atoms with Crippen LogP contribution in [0.3, 0.4) is 0 Å². The van der Waals surface area contributed by atoms with Gasteiger partial charge >= 0.3 is 13.6 Å². The van der Waals surface area contributed by atoms with Gasteiger partial charge in [-0.15, -0.1) is 11.3 Å². The highest BCUT2D eigenvalue weighted by molar-refractivity contribution is 7.20. The first-order chi connectivity index (χ1) is 12.3. The van der Waals surface area contributed by atoms with E-state index in [9.17, 15) is 9.90 Å². The van der Waals surface area contributed by atoms with E-state index in [1.165, 1.54) is 0 Å². The normalized spacial score (nSPS) is 17.1. The number of likely N-dealkylation sites (tertiary alicyclic amines) is 1. The van der Waals surface area contributed by atoms with Crippen molar-refractivity contribution in [2.75, 3.05) is 13.1 Å². The number of amides is 1. The molecule has 27 heavy (non-hydrogen) atoms. The van der Waals surface area contributed by atoms with Crippen molar-refractivity contribution in [2.24, 2.45) is 0 Å². The summed E-state index contributed by atoms with van der Waals surface area (Å²) in [6.45, 7) is 14.3. The van der Waals surface area contributed by atoms with Gasteiger partial charge in [-0.25, -0.2) is 9.78 Å². The van der Waals surface area contributed by atoms with Crippen LogP contribution >= 0.6 is 11.3 Å². The number of hydrogen-bond acceptors (Lipinski definition) is 6. The van der Waals surface area contributed by atoms with E-state index in [-0.39, 0.29) is 6.09 Å². The fourth-order valence-corrected chi connectivity index (χ4v) is 3.64. The fraction of sp³-hybridized carbons (Fsp3) is 0.789. The van der Waals surface area contributed by atoms with Gasteiger partial charge in [0.25, 0.3) is 0 Å². The highest BCUT2D eigenvalue weighted by Gasteiger charge is 2.36. The summed E-state index contributed by atoms with van der Waals surface area (Å²) in [7, 11) is 0.436. The number of ether oxygens (including phenoxy) is 1. The summed E-state index contributed by atoms with van der Waals surface area (Å²) in [5.74, 6) is 0.365. The minimum Gasteiger partial charge on any atom is -0.444 e. The molecule has 1 aliphatic heterocycles. The van der Waals surface area contributed by atoms with Gasteiger partial charge < -0.3 is 19.4 Å². The van der Waals surface area contributed by atoms with E-state index < -0.39 is 16.8 Å². The second-order valence-electron chi connectivity index (χ2n) is 9.26. The van der Waals surface area contributed by atoms with Crippen LogP contribution in [-0.4, -0.2) is 58.5 Å². The van der Waals surface area contributed by atoms with Crippen LogP contribution in [0.15, 0.2) is 6.20 Å². The molecular formula is C19H33BN2O4S. The average molecular weight is 396 g/mol. The van der Waals surface area contributed by atoms with Crippen LogP contribution in [0.1, 0.15) is 72.2 Å². The van der Waals surface area contributed by atoms with E-state index in [2.05, 4.69) is 4.98 Å². The molecule has 0 bridgehead atoms. The summed E-state index contributed by atoms with van der Waals surface area (Å²) in [6.07, 6.45) is 3.41. The first kappa shape index (κ1) is 22.2. The third-order valence-electron chi connectivity index (χ3n) is 5.12. The van der Waals surface area contributed by atoms with Gasteiger partial charge in [-0.1, -0.05) is 0 Å². The molecule has 0 aromatic carbocycles. The zero-order valence-electron chi connectivity index (χ0n) is 17.7. The third-order valence-corrected chi connectivity index (χ3v) is 6.25. The number of aromatic nitrogens is 1. The smallest absolute Gasteiger partial charge is 0.410 e. The maximum Gasteiger partial charge on any atom is 0.410 e. The molecule has 0 atom stereocenters. The largest absolute Gasteiger partial charge is 0.444 e. The van der Waals surface area contributed by atoms with Crippen molar-refractivity contribution in [3.8, 4) is 0 Å². The average Bonchev–Trinajstić information content (AvgIpc) is 2.99. The van der Waals surface area contributed by atoms with Crippen molar-refractivity contribution in [1.82, 2.24) is 9.88 Å². The monoisotopic (exact) mass is 396 g/mol. The molecule has 0 radical (unpaired) electrons. The predicted molar refractivity (Wildman–Crippen MR) is 110 cm³/mol. The first-order valence-electron chi connectivity index (χ1n) is 9.57. The van der Waals surface area contributed by atoms with Crippen molar-refractivity contribution < 1.29 is 19.3 Å². The molecule has 1 aliphatic rings. The zero-order chi connectivity index (χ0) is 20.5. The van der Waals surface area contributed by atoms with Crippen molar-refractivity contribution in [2.45, 2.75) is 84.0 Å². The Balaban J connectivity index is 1.87. The Labute approximate surface area is 167 Å². The van der Waals surface area contributed by atoms with E-state index in [0.29, 0.717) is 26.5 Å². The van der Waals surface area contributed by atoms with Crippen molar-refractivity contribution >= 4 is 29.7 Å². The van der Waals surface area contributed by atoms with Crippen molar-refractivity contribution in [3.05, 3.63) is 11.2 Å². The van der Waals surface area contributed by atoms with Gasteiger partial charge in [0.05, 0.1) is 16.2 Å². The van der Waals surface area contributed by atoms with Crippen LogP contribution in [0, 0.1) is 0 Å². The molecule has 1 aromatic heterocycles. The Morgan fingerprint density at radius 2 is 1.81 bits per heavy atom. The number of nitrogens with zero attached hydrogens (tertiary/aromatic N) is 2. The van der Waals surface area contributed by atoms with Gasteiger partial charge in [0.15, 0.2) is 0 Å². The van der Waals surface area contributed by atoms with Gasteiger partial charge in [-0.3, -0.25) is 0 Å². The molecule has 2 rings (SSSR count). The molecule has 0 spiro atoms. The number of aliphatic hydroxyl groups is 1. The van der Waals surface area contributed by atoms with Crippen molar-refractivity contribution in [1.29, 1.82) is 0 Å². The third kappa shape index (κ3) is 6.19. The molecule has 2 heterocycles. The number of carbonyl (C=O) groups is 1. The van der Waals surface area contributed by atoms with Gasteiger partial charge in [0.1, 0.15) is 5.60 Å². The molecule has 1 amide bonds. The lowest BCUT2D eigenvalue weighted by atomic mass is 9.86. The lowest BCUT2D eigenvalue weighted by Gasteiger charge is -2.37. The molecule has 152 valence electrons. The molecule has 1 saturated heterocycles. The number of rotatable bonds is 5. The Kier molecular flexibility index (Phi) is 6.65. The van der Waals surface area contributed by atoms with Gasteiger partial charge in [0, 0.05) is 30.0 Å². The number of thiazole rings is 1. The summed E-state index contributed by atoms with van der Waals surface area (Å²) < 4.78 is 12.4. The number of hydrogen-bond donors (Lipinski definition) is 1. The van der Waals surface area contributed by atoms with Gasteiger partial charge in [-0.2, -0.15) is 0 Å². The van der Waals surface area contributed by atoms with Crippen LogP contribution in [-0.2, 0) is 9.39 Å². The van der Waals surface area contributed by atoms with E-state index in [0.717, 1.165) is 22.6 Å². The summed E-state index contributed by atoms with van der Waals surface area (Å²) in [4.78, 5) is 18.5. The second-order valence-corrected chi connectivity index (χ2v) is 10.4. The van der Waals surface area contributed by atoms with Crippen LogP contribution in [0.4, 0.5) is 4.79 Å². The van der Waals surface area contributed by atoms with E-state index in [1.54, 1.807) is 30.1 Å². The Bertz CT molecular complexity index is 641. The quantitative estimate of drug-likeness (QED) is 0.775. The maximum atomic E-state index is 12.2. The maximum absolute atomic E-state index is 12.2. The van der Waals surface area contributed by atoms with E-state index in [1.807, 2.05) is 40.8 Å². The highest BCUT2D eigenvalue weighted by atomic mass is 32.1. The Morgan fingerprint density at radius 3 is 2.33 bits per heavy atom. The predicted octanol–water partition coefficient (Wildman–Crippen LogP) is 2.80. The SMILES string of the molecule is CC(C)(C)OC(=O)N1CCC(c2ncc(BOC(C)(C)C(C)(C)O)s2)CC1. The summed E-state index contributed by atoms with van der Waals surface area (Å²) in [5.41, 5.74) is -2.03. The highest BCUT2D eigenvalue weighted by Crippen LogP contribution is 2.30. The van der Waals surface area contributed by atoms with Crippen LogP contribution in [0.25, 0.3) is 0 Å². The van der Waals surface area contributed by atoms with Crippen LogP contribution in [0.2, 0.25) is 0 Å². The fourth-order valence-electron chi connectivity index (χ4n) is 2.64. The Morgan fingerprint density at radius 1 is 1.22 bits per heavy atom. The van der Waals surface area contributed by atoms with Crippen LogP contribution in [0.5, 0.6) is 0 Å². The zero-order valence-corrected chi connectivity index (χ0v) is 18.5. The Hall–Kier alpha value is -1.12. The second kappa shape index (κ2) is 8.09. The standard InChI is InChI=1S/C19H33BN2O4S/c1-17(2,3)25-16(23)22-10-8-13(9-11-22)15-21-12-14(27-15)20-26-19(6,7)18(4,5)24/h12-13,20,24H,8-11H2,1-7H3. The molecule has 8 heteroatoms. The molecule has 1 N–H and O–H groups in total. The molecule has 0 unspecified atom stereocenters. The summed E-state index contributed by atoms with van der Waals surface area (Å²) >= 11 is 1.66. The topological polar surface area (TPSA) is 71.9 Å². The lowest BCUT2D eigenvalue weighted by molar-refractivity contribution is -0.0892. The first-order valence-corrected chi connectivity index (χ1v) is 10.4. The molecule has 0 saturated carbocycles. The minimum atomic E-state index is -0.922. The molecule has 6 nitrogen and oxygen atoms in total. The minimum absolute atomic E-state index is 0.233. The molecule has 0 aliphatic carbocycles. The number of carbonyl (C=O) groups excluding carboxylic acids is 1. The molecular weight excluding hydrogens is 363 g/mol. The van der Waals surface area contributed by atoms with Crippen molar-refractivity contribution in [3.63, 3.8) is 0 Å².